The number of hydrogen-bond acceptors (Lipinski definition) is 5. The Balaban J connectivity index is 1.61. The topological polar surface area (TPSA) is 105 Å². The van der Waals surface area contributed by atoms with Crippen LogP contribution < -0.4 is 10.6 Å². The smallest absolute Gasteiger partial charge is 0.407 e. The second kappa shape index (κ2) is 11.0. The molecule has 1 aliphatic carbocycles. The molecule has 0 saturated carbocycles. The number of alkyl carbamates (subject to hydrolysis) is 1. The molecule has 0 aromatic heterocycles. The van der Waals surface area contributed by atoms with E-state index in [4.69, 9.17) is 9.84 Å². The van der Waals surface area contributed by atoms with Crippen LogP contribution in [0.1, 0.15) is 30.4 Å². The minimum absolute atomic E-state index is 0.00367. The van der Waals surface area contributed by atoms with Crippen LogP contribution in [0.5, 0.6) is 0 Å². The van der Waals surface area contributed by atoms with Gasteiger partial charge in [-0.05, 0) is 40.7 Å². The Morgan fingerprint density at radius 3 is 2.22 bits per heavy atom. The van der Waals surface area contributed by atoms with Gasteiger partial charge >= 0.3 is 12.1 Å². The second-order valence-electron chi connectivity index (χ2n) is 7.79. The highest BCUT2D eigenvalue weighted by Crippen LogP contribution is 2.44. The summed E-state index contributed by atoms with van der Waals surface area (Å²) in [5.74, 6) is -1.52. The molecule has 2 aromatic carbocycles. The molecule has 0 spiro atoms. The maximum absolute atomic E-state index is 12.5. The van der Waals surface area contributed by atoms with Gasteiger partial charge in [-0.15, -0.1) is 0 Å². The number of nitrogens with one attached hydrogen (secondary N) is 2. The van der Waals surface area contributed by atoms with Crippen LogP contribution in [0.15, 0.2) is 48.5 Å². The van der Waals surface area contributed by atoms with Gasteiger partial charge in [0.25, 0.3) is 0 Å². The summed E-state index contributed by atoms with van der Waals surface area (Å²) in [6, 6.07) is 15.3. The molecular weight excluding hydrogens is 428 g/mol. The molecule has 1 unspecified atom stereocenters. The number of benzene rings is 2. The Morgan fingerprint density at radius 2 is 1.66 bits per heavy atom. The highest BCUT2D eigenvalue weighted by molar-refractivity contribution is 7.98. The van der Waals surface area contributed by atoms with E-state index in [9.17, 15) is 14.4 Å². The van der Waals surface area contributed by atoms with Crippen molar-refractivity contribution in [1.82, 2.24) is 10.6 Å². The lowest BCUT2D eigenvalue weighted by Crippen LogP contribution is -2.48. The lowest BCUT2D eigenvalue weighted by molar-refractivity contribution is -0.141. The molecule has 1 aliphatic rings. The van der Waals surface area contributed by atoms with Crippen LogP contribution in [0.25, 0.3) is 11.1 Å². The van der Waals surface area contributed by atoms with Gasteiger partial charge < -0.3 is 20.5 Å². The van der Waals surface area contributed by atoms with Crippen LogP contribution in [0.3, 0.4) is 0 Å². The lowest BCUT2D eigenvalue weighted by Gasteiger charge is -2.20. The zero-order valence-electron chi connectivity index (χ0n) is 18.2. The quantitative estimate of drug-likeness (QED) is 0.506. The van der Waals surface area contributed by atoms with Gasteiger partial charge in [0.2, 0.25) is 5.91 Å². The van der Waals surface area contributed by atoms with Gasteiger partial charge in [0.05, 0.1) is 5.92 Å². The van der Waals surface area contributed by atoms with Crippen molar-refractivity contribution in [3.05, 3.63) is 59.7 Å². The van der Waals surface area contributed by atoms with Crippen molar-refractivity contribution in [1.29, 1.82) is 0 Å². The number of ether oxygens (including phenoxy) is 1. The third-order valence-electron chi connectivity index (χ3n) is 5.57. The normalized spacial score (nSPS) is 14.1. The lowest BCUT2D eigenvalue weighted by atomic mass is 9.98. The monoisotopic (exact) mass is 456 g/mol. The maximum atomic E-state index is 12.5. The molecule has 32 heavy (non-hydrogen) atoms. The number of amides is 2. The maximum Gasteiger partial charge on any atom is 0.407 e. The van der Waals surface area contributed by atoms with Crippen molar-refractivity contribution in [2.45, 2.75) is 25.3 Å². The third-order valence-corrected chi connectivity index (χ3v) is 6.21. The first-order chi connectivity index (χ1) is 15.4. The molecule has 0 bridgehead atoms. The van der Waals surface area contributed by atoms with E-state index in [1.54, 1.807) is 11.8 Å². The van der Waals surface area contributed by atoms with Crippen LogP contribution in [0.4, 0.5) is 4.79 Å². The van der Waals surface area contributed by atoms with Crippen LogP contribution in [0, 0.1) is 5.92 Å². The summed E-state index contributed by atoms with van der Waals surface area (Å²) in [7, 11) is 0. The number of thioether (sulfide) groups is 1. The predicted molar refractivity (Wildman–Crippen MR) is 125 cm³/mol. The van der Waals surface area contributed by atoms with Gasteiger partial charge in [0, 0.05) is 12.5 Å². The molecule has 2 aromatic rings. The molecule has 7 nitrogen and oxygen atoms in total. The molecule has 0 heterocycles. The molecule has 2 atom stereocenters. The van der Waals surface area contributed by atoms with E-state index in [1.165, 1.54) is 6.92 Å². The zero-order valence-corrected chi connectivity index (χ0v) is 19.0. The molecule has 0 aliphatic heterocycles. The summed E-state index contributed by atoms with van der Waals surface area (Å²) in [6.07, 6.45) is 1.66. The first kappa shape index (κ1) is 23.7. The minimum atomic E-state index is -0.990. The van der Waals surface area contributed by atoms with Crippen LogP contribution in [0.2, 0.25) is 0 Å². The second-order valence-corrected chi connectivity index (χ2v) is 8.77. The molecule has 2 amide bonds. The van der Waals surface area contributed by atoms with Gasteiger partial charge in [-0.3, -0.25) is 9.59 Å². The Labute approximate surface area is 191 Å². The van der Waals surface area contributed by atoms with Gasteiger partial charge in [-0.25, -0.2) is 4.79 Å². The van der Waals surface area contributed by atoms with Crippen molar-refractivity contribution < 1.29 is 24.2 Å². The number of hydrogen-bond donors (Lipinski definition) is 3. The molecule has 0 saturated heterocycles. The number of carbonyl (C=O) groups is 3. The van der Waals surface area contributed by atoms with E-state index in [0.717, 1.165) is 22.3 Å². The zero-order chi connectivity index (χ0) is 23.1. The summed E-state index contributed by atoms with van der Waals surface area (Å²) in [4.78, 5) is 36.0. The fourth-order valence-corrected chi connectivity index (χ4v) is 4.22. The standard InChI is InChI=1S/C24H28N2O5S/c1-15(23(28)29)13-25-22(27)21(11-12-32-2)26-24(30)31-14-20-18-9-5-3-7-16(18)17-8-4-6-10-19(17)20/h3-10,15,20-21H,11-14H2,1-2H3,(H,25,27)(H,26,30)(H,28,29)/t15?,21-/m0/s1. The molecule has 8 heteroatoms. The molecule has 170 valence electrons. The van der Waals surface area contributed by atoms with E-state index >= 15 is 0 Å². The highest BCUT2D eigenvalue weighted by Gasteiger charge is 2.29. The predicted octanol–water partition coefficient (Wildman–Crippen LogP) is 3.48. The number of aliphatic carboxylic acids is 1. The number of carbonyl (C=O) groups excluding carboxylic acids is 2. The summed E-state index contributed by atoms with van der Waals surface area (Å²) >= 11 is 1.56. The van der Waals surface area contributed by atoms with E-state index in [1.807, 2.05) is 42.7 Å². The fraction of sp³-hybridized carbons (Fsp3) is 0.375. The summed E-state index contributed by atoms with van der Waals surface area (Å²) < 4.78 is 5.53. The third kappa shape index (κ3) is 5.62. The molecule has 3 rings (SSSR count). The van der Waals surface area contributed by atoms with E-state index in [0.29, 0.717) is 12.2 Å². The Kier molecular flexibility index (Phi) is 8.16. The summed E-state index contributed by atoms with van der Waals surface area (Å²) in [5, 5.41) is 14.2. The van der Waals surface area contributed by atoms with Crippen LogP contribution >= 0.6 is 11.8 Å². The number of rotatable bonds is 10. The average Bonchev–Trinajstić information content (AvgIpc) is 3.12. The van der Waals surface area contributed by atoms with Crippen molar-refractivity contribution in [2.75, 3.05) is 25.2 Å². The van der Waals surface area contributed by atoms with Gasteiger partial charge in [-0.2, -0.15) is 11.8 Å². The highest BCUT2D eigenvalue weighted by atomic mass is 32.2. The molecular formula is C24H28N2O5S. The average molecular weight is 457 g/mol. The fourth-order valence-electron chi connectivity index (χ4n) is 3.75. The van der Waals surface area contributed by atoms with Crippen molar-refractivity contribution in [2.24, 2.45) is 5.92 Å². The Hall–Kier alpha value is -3.00. The Bertz CT molecular complexity index is 935. The van der Waals surface area contributed by atoms with E-state index < -0.39 is 29.9 Å². The Morgan fingerprint density at radius 1 is 1.06 bits per heavy atom. The van der Waals surface area contributed by atoms with Crippen molar-refractivity contribution in [3.8, 4) is 11.1 Å². The van der Waals surface area contributed by atoms with Gasteiger partial charge in [0.1, 0.15) is 12.6 Å². The number of carboxylic acids is 1. The summed E-state index contributed by atoms with van der Waals surface area (Å²) in [6.45, 7) is 1.67. The first-order valence-corrected chi connectivity index (χ1v) is 11.9. The summed E-state index contributed by atoms with van der Waals surface area (Å²) in [5.41, 5.74) is 4.51. The number of fused-ring (bicyclic) bond motifs is 3. The first-order valence-electron chi connectivity index (χ1n) is 10.5. The van der Waals surface area contributed by atoms with Gasteiger partial charge in [-0.1, -0.05) is 55.5 Å². The van der Waals surface area contributed by atoms with Crippen LogP contribution in [-0.2, 0) is 14.3 Å². The van der Waals surface area contributed by atoms with Gasteiger partial charge in [0.15, 0.2) is 0 Å². The van der Waals surface area contributed by atoms with Crippen molar-refractivity contribution >= 4 is 29.7 Å². The van der Waals surface area contributed by atoms with E-state index in [2.05, 4.69) is 22.8 Å². The molecule has 3 N–H and O–H groups in total. The minimum Gasteiger partial charge on any atom is -0.481 e. The molecule has 0 fully saturated rings. The SMILES string of the molecule is CSCC[C@H](NC(=O)OCC1c2ccccc2-c2ccccc21)C(=O)NCC(C)C(=O)O. The largest absolute Gasteiger partial charge is 0.481 e. The van der Waals surface area contributed by atoms with Crippen molar-refractivity contribution in [3.63, 3.8) is 0 Å². The van der Waals surface area contributed by atoms with Crippen LogP contribution in [-0.4, -0.2) is 54.3 Å². The number of carboxylic acid groups (broad SMARTS) is 1. The molecule has 0 radical (unpaired) electrons. The van der Waals surface area contributed by atoms with E-state index in [-0.39, 0.29) is 19.1 Å².